The smallest absolute Gasteiger partial charge is 0.339 e. The molecule has 2 rings (SSSR count). The van der Waals surface area contributed by atoms with Gasteiger partial charge in [0.25, 0.3) is 0 Å². The van der Waals surface area contributed by atoms with Crippen molar-refractivity contribution in [2.24, 2.45) is 0 Å². The summed E-state index contributed by atoms with van der Waals surface area (Å²) in [6.07, 6.45) is 1.96. The van der Waals surface area contributed by atoms with Gasteiger partial charge in [0.05, 0.1) is 11.7 Å². The fraction of sp³-hybridized carbons (Fsp3) is 0.500. The van der Waals surface area contributed by atoms with E-state index in [2.05, 4.69) is 29.8 Å². The number of ether oxygens (including phenoxy) is 2. The molecule has 0 radical (unpaired) electrons. The molecular weight excluding hydrogens is 312 g/mol. The molecular formula is C14H17BrO4. The van der Waals surface area contributed by atoms with Crippen molar-refractivity contribution >= 4 is 21.9 Å². The van der Waals surface area contributed by atoms with E-state index in [0.29, 0.717) is 12.4 Å². The molecule has 1 N–H and O–H groups in total. The van der Waals surface area contributed by atoms with Crippen LogP contribution in [0.1, 0.15) is 37.0 Å². The molecule has 1 aliphatic rings. The summed E-state index contributed by atoms with van der Waals surface area (Å²) in [6.45, 7) is 4.48. The standard InChI is InChI=1S/C14H17BrO4/c1-14(2)6-5-10(19-14)8-18-12-4-3-9(15)7-11(12)13(16)17/h3-4,7,10H,5-6,8H2,1-2H3,(H,16,17). The number of hydrogen-bond acceptors (Lipinski definition) is 3. The summed E-state index contributed by atoms with van der Waals surface area (Å²) in [7, 11) is 0. The van der Waals surface area contributed by atoms with E-state index in [1.54, 1.807) is 12.1 Å². The van der Waals surface area contributed by atoms with E-state index in [-0.39, 0.29) is 17.3 Å². The number of carboxylic acid groups (broad SMARTS) is 1. The van der Waals surface area contributed by atoms with Crippen molar-refractivity contribution in [1.29, 1.82) is 0 Å². The summed E-state index contributed by atoms with van der Waals surface area (Å²) < 4.78 is 12.1. The van der Waals surface area contributed by atoms with E-state index in [0.717, 1.165) is 17.3 Å². The van der Waals surface area contributed by atoms with Crippen LogP contribution in [-0.4, -0.2) is 29.4 Å². The molecule has 104 valence electrons. The lowest BCUT2D eigenvalue weighted by molar-refractivity contribution is -0.0328. The molecule has 1 atom stereocenters. The summed E-state index contributed by atoms with van der Waals surface area (Å²) in [6, 6.07) is 4.96. The first-order valence-corrected chi connectivity index (χ1v) is 7.00. The number of halogens is 1. The van der Waals surface area contributed by atoms with Crippen molar-refractivity contribution in [2.75, 3.05) is 6.61 Å². The van der Waals surface area contributed by atoms with Crippen LogP contribution in [0.15, 0.2) is 22.7 Å². The Balaban J connectivity index is 2.02. The van der Waals surface area contributed by atoms with E-state index in [9.17, 15) is 4.79 Å². The van der Waals surface area contributed by atoms with Crippen molar-refractivity contribution in [1.82, 2.24) is 0 Å². The van der Waals surface area contributed by atoms with Crippen LogP contribution in [0, 0.1) is 0 Å². The summed E-state index contributed by atoms with van der Waals surface area (Å²) in [4.78, 5) is 11.1. The molecule has 1 aliphatic heterocycles. The molecule has 5 heteroatoms. The molecule has 0 spiro atoms. The Kier molecular flexibility index (Phi) is 4.16. The molecule has 0 bridgehead atoms. The largest absolute Gasteiger partial charge is 0.490 e. The average Bonchev–Trinajstić information content (AvgIpc) is 2.67. The zero-order chi connectivity index (χ0) is 14.0. The molecule has 0 aliphatic carbocycles. The van der Waals surface area contributed by atoms with Gasteiger partial charge in [0, 0.05) is 4.47 Å². The first kappa shape index (κ1) is 14.3. The number of aromatic carboxylic acids is 1. The first-order valence-electron chi connectivity index (χ1n) is 6.21. The molecule has 1 unspecified atom stereocenters. The fourth-order valence-electron chi connectivity index (χ4n) is 2.17. The van der Waals surface area contributed by atoms with Crippen LogP contribution >= 0.6 is 15.9 Å². The van der Waals surface area contributed by atoms with Gasteiger partial charge in [-0.1, -0.05) is 15.9 Å². The van der Waals surface area contributed by atoms with Crippen LogP contribution in [0.4, 0.5) is 0 Å². The van der Waals surface area contributed by atoms with Gasteiger partial charge in [0.2, 0.25) is 0 Å². The minimum atomic E-state index is -0.996. The van der Waals surface area contributed by atoms with Crippen molar-refractivity contribution in [3.05, 3.63) is 28.2 Å². The summed E-state index contributed by atoms with van der Waals surface area (Å²) in [5.74, 6) is -0.618. The highest BCUT2D eigenvalue weighted by Crippen LogP contribution is 2.30. The summed E-state index contributed by atoms with van der Waals surface area (Å²) >= 11 is 3.25. The second-order valence-corrected chi connectivity index (χ2v) is 6.21. The van der Waals surface area contributed by atoms with Gasteiger partial charge in [-0.2, -0.15) is 0 Å². The minimum absolute atomic E-state index is 0.0280. The number of rotatable bonds is 4. The molecule has 19 heavy (non-hydrogen) atoms. The van der Waals surface area contributed by atoms with Crippen LogP contribution in [0.2, 0.25) is 0 Å². The summed E-state index contributed by atoms with van der Waals surface area (Å²) in [5.41, 5.74) is 0.0512. The van der Waals surface area contributed by atoms with E-state index < -0.39 is 5.97 Å². The fourth-order valence-corrected chi connectivity index (χ4v) is 2.53. The number of hydrogen-bond donors (Lipinski definition) is 1. The van der Waals surface area contributed by atoms with Crippen molar-refractivity contribution < 1.29 is 19.4 Å². The second kappa shape index (κ2) is 5.51. The zero-order valence-electron chi connectivity index (χ0n) is 11.0. The normalized spacial score (nSPS) is 21.3. The molecule has 1 aromatic rings. The predicted octanol–water partition coefficient (Wildman–Crippen LogP) is 3.48. The van der Waals surface area contributed by atoms with Gasteiger partial charge < -0.3 is 14.6 Å². The molecule has 1 fully saturated rings. The molecule has 0 amide bonds. The van der Waals surface area contributed by atoms with Gasteiger partial charge >= 0.3 is 5.97 Å². The van der Waals surface area contributed by atoms with Gasteiger partial charge in [-0.05, 0) is 44.9 Å². The quantitative estimate of drug-likeness (QED) is 0.919. The minimum Gasteiger partial charge on any atom is -0.490 e. The maximum atomic E-state index is 11.1. The van der Waals surface area contributed by atoms with Gasteiger partial charge in [0.1, 0.15) is 17.9 Å². The Hall–Kier alpha value is -1.07. The maximum absolute atomic E-state index is 11.1. The molecule has 0 saturated carbocycles. The van der Waals surface area contributed by atoms with Crippen LogP contribution < -0.4 is 4.74 Å². The number of carbonyl (C=O) groups is 1. The molecule has 4 nitrogen and oxygen atoms in total. The SMILES string of the molecule is CC1(C)CCC(COc2ccc(Br)cc2C(=O)O)O1. The topological polar surface area (TPSA) is 55.8 Å². The molecule has 1 saturated heterocycles. The van der Waals surface area contributed by atoms with Crippen molar-refractivity contribution in [3.63, 3.8) is 0 Å². The molecule has 0 aromatic heterocycles. The third-order valence-corrected chi connectivity index (χ3v) is 3.64. The van der Waals surface area contributed by atoms with E-state index in [1.165, 1.54) is 6.07 Å². The lowest BCUT2D eigenvalue weighted by Crippen LogP contribution is -2.24. The Bertz CT molecular complexity index is 484. The van der Waals surface area contributed by atoms with Crippen LogP contribution in [0.25, 0.3) is 0 Å². The first-order chi connectivity index (χ1) is 8.87. The predicted molar refractivity (Wildman–Crippen MR) is 74.8 cm³/mol. The zero-order valence-corrected chi connectivity index (χ0v) is 12.6. The van der Waals surface area contributed by atoms with Crippen LogP contribution in [0.5, 0.6) is 5.75 Å². The Morgan fingerprint density at radius 1 is 1.58 bits per heavy atom. The highest BCUT2D eigenvalue weighted by atomic mass is 79.9. The third-order valence-electron chi connectivity index (χ3n) is 3.15. The third kappa shape index (κ3) is 3.70. The van der Waals surface area contributed by atoms with Crippen molar-refractivity contribution in [2.45, 2.75) is 38.4 Å². The Labute approximate surface area is 120 Å². The maximum Gasteiger partial charge on any atom is 0.339 e. The molecule has 1 aromatic carbocycles. The second-order valence-electron chi connectivity index (χ2n) is 5.29. The number of benzene rings is 1. The van der Waals surface area contributed by atoms with E-state index in [1.807, 2.05) is 0 Å². The van der Waals surface area contributed by atoms with E-state index >= 15 is 0 Å². The summed E-state index contributed by atoms with van der Waals surface area (Å²) in [5, 5.41) is 9.13. The highest BCUT2D eigenvalue weighted by Gasteiger charge is 2.32. The van der Waals surface area contributed by atoms with Gasteiger partial charge in [-0.3, -0.25) is 0 Å². The Morgan fingerprint density at radius 3 is 2.89 bits per heavy atom. The van der Waals surface area contributed by atoms with Crippen LogP contribution in [-0.2, 0) is 4.74 Å². The lowest BCUT2D eigenvalue weighted by Gasteiger charge is -2.19. The van der Waals surface area contributed by atoms with Crippen LogP contribution in [0.3, 0.4) is 0 Å². The Morgan fingerprint density at radius 2 is 2.32 bits per heavy atom. The van der Waals surface area contributed by atoms with E-state index in [4.69, 9.17) is 14.6 Å². The molecule has 1 heterocycles. The van der Waals surface area contributed by atoms with Gasteiger partial charge in [-0.15, -0.1) is 0 Å². The highest BCUT2D eigenvalue weighted by molar-refractivity contribution is 9.10. The number of carboxylic acids is 1. The van der Waals surface area contributed by atoms with Gasteiger partial charge in [0.15, 0.2) is 0 Å². The van der Waals surface area contributed by atoms with Gasteiger partial charge in [-0.25, -0.2) is 4.79 Å². The lowest BCUT2D eigenvalue weighted by atomic mass is 10.1. The average molecular weight is 329 g/mol. The van der Waals surface area contributed by atoms with Crippen molar-refractivity contribution in [3.8, 4) is 5.75 Å². The monoisotopic (exact) mass is 328 g/mol.